The fourth-order valence-corrected chi connectivity index (χ4v) is 2.44. The molecule has 22 heavy (non-hydrogen) atoms. The van der Waals surface area contributed by atoms with Gasteiger partial charge in [-0.25, -0.2) is 4.90 Å². The van der Waals surface area contributed by atoms with Crippen LogP contribution in [0.1, 0.15) is 26.3 Å². The van der Waals surface area contributed by atoms with E-state index >= 15 is 0 Å². The summed E-state index contributed by atoms with van der Waals surface area (Å²) < 4.78 is 0. The number of rotatable bonds is 3. The third kappa shape index (κ3) is 2.93. The summed E-state index contributed by atoms with van der Waals surface area (Å²) >= 11 is 0. The van der Waals surface area contributed by atoms with Crippen LogP contribution >= 0.6 is 0 Å². The molecule has 0 aliphatic carbocycles. The maximum absolute atomic E-state index is 12.4. The Labute approximate surface area is 169 Å². The van der Waals surface area contributed by atoms with Gasteiger partial charge in [0.05, 0.1) is 16.8 Å². The first kappa shape index (κ1) is 17.0. The van der Waals surface area contributed by atoms with Gasteiger partial charge in [-0.2, -0.15) is 0 Å². The number of anilines is 1. The molecular formula is C16H10KNO4. The van der Waals surface area contributed by atoms with Crippen molar-refractivity contribution in [3.8, 4) is 0 Å². The van der Waals surface area contributed by atoms with Gasteiger partial charge in [0.25, 0.3) is 11.8 Å². The number of hydrogen-bond acceptors (Lipinski definition) is 4. The zero-order valence-corrected chi connectivity index (χ0v) is 15.0. The second-order valence-electron chi connectivity index (χ2n) is 4.67. The minimum absolute atomic E-state index is 0. The molecule has 0 N–H and O–H groups in total. The molecule has 5 nitrogen and oxygen atoms in total. The molecule has 0 bridgehead atoms. The van der Waals surface area contributed by atoms with E-state index in [4.69, 9.17) is 0 Å². The minimum Gasteiger partial charge on any atom is -0.550 e. The standard InChI is InChI=1S/C16H11NO4.K/c18-14(19)9-10-5-1-4-8-13(10)17-15(20)11-6-2-3-7-12(11)16(17)21;/h1-8H,9H2,(H,18,19);/q;+1/p-1. The first-order valence-electron chi connectivity index (χ1n) is 6.35. The van der Waals surface area contributed by atoms with Gasteiger partial charge in [0.1, 0.15) is 0 Å². The van der Waals surface area contributed by atoms with Gasteiger partial charge in [0.15, 0.2) is 0 Å². The van der Waals surface area contributed by atoms with E-state index in [1.54, 1.807) is 48.5 Å². The smallest absolute Gasteiger partial charge is 0.550 e. The largest absolute Gasteiger partial charge is 1.00 e. The molecular weight excluding hydrogens is 309 g/mol. The maximum atomic E-state index is 12.4. The molecule has 0 spiro atoms. The van der Waals surface area contributed by atoms with Crippen LogP contribution in [0.3, 0.4) is 0 Å². The number of amides is 2. The molecule has 3 rings (SSSR count). The predicted octanol–water partition coefficient (Wildman–Crippen LogP) is -2.22. The van der Waals surface area contributed by atoms with Crippen LogP contribution in [0.5, 0.6) is 0 Å². The third-order valence-electron chi connectivity index (χ3n) is 3.36. The molecule has 2 aromatic rings. The molecule has 0 saturated carbocycles. The van der Waals surface area contributed by atoms with Crippen LogP contribution in [-0.4, -0.2) is 17.8 Å². The summed E-state index contributed by atoms with van der Waals surface area (Å²) in [6.45, 7) is 0. The summed E-state index contributed by atoms with van der Waals surface area (Å²) in [6.07, 6.45) is -0.358. The molecule has 6 heteroatoms. The molecule has 104 valence electrons. The molecule has 1 heterocycles. The van der Waals surface area contributed by atoms with E-state index < -0.39 is 17.8 Å². The number of carboxylic acids is 1. The van der Waals surface area contributed by atoms with Crippen molar-refractivity contribution in [2.75, 3.05) is 4.90 Å². The Balaban J connectivity index is 0.00000176. The van der Waals surface area contributed by atoms with Crippen molar-refractivity contribution in [2.24, 2.45) is 0 Å². The van der Waals surface area contributed by atoms with Gasteiger partial charge in [-0.1, -0.05) is 30.3 Å². The fraction of sp³-hybridized carbons (Fsp3) is 0.0625. The van der Waals surface area contributed by atoms with E-state index in [0.29, 0.717) is 16.7 Å². The number of carbonyl (C=O) groups is 3. The van der Waals surface area contributed by atoms with Gasteiger partial charge >= 0.3 is 51.4 Å². The summed E-state index contributed by atoms with van der Waals surface area (Å²) in [5.74, 6) is -2.15. The Hall–Kier alpha value is -1.31. The summed E-state index contributed by atoms with van der Waals surface area (Å²) in [6, 6.07) is 12.9. The van der Waals surface area contributed by atoms with Gasteiger partial charge < -0.3 is 9.90 Å². The van der Waals surface area contributed by atoms with Gasteiger partial charge in [0.2, 0.25) is 0 Å². The van der Waals surface area contributed by atoms with Crippen molar-refractivity contribution >= 4 is 23.5 Å². The van der Waals surface area contributed by atoms with Crippen LogP contribution in [0.2, 0.25) is 0 Å². The van der Waals surface area contributed by atoms with Gasteiger partial charge in [-0.3, -0.25) is 9.59 Å². The average molecular weight is 319 g/mol. The zero-order valence-electron chi connectivity index (χ0n) is 11.9. The van der Waals surface area contributed by atoms with Crippen LogP contribution in [0.25, 0.3) is 0 Å². The van der Waals surface area contributed by atoms with Crippen molar-refractivity contribution in [3.63, 3.8) is 0 Å². The number of fused-ring (bicyclic) bond motifs is 1. The van der Waals surface area contributed by atoms with Crippen molar-refractivity contribution in [3.05, 3.63) is 65.2 Å². The Morgan fingerprint density at radius 1 is 0.909 bits per heavy atom. The number of aliphatic carboxylic acids is 1. The summed E-state index contributed by atoms with van der Waals surface area (Å²) in [7, 11) is 0. The van der Waals surface area contributed by atoms with E-state index in [0.717, 1.165) is 4.90 Å². The first-order chi connectivity index (χ1) is 10.1. The molecule has 1 aliphatic rings. The molecule has 2 aromatic carbocycles. The van der Waals surface area contributed by atoms with Crippen molar-refractivity contribution in [1.82, 2.24) is 0 Å². The molecule has 0 aromatic heterocycles. The average Bonchev–Trinajstić information content (AvgIpc) is 2.72. The molecule has 0 radical (unpaired) electrons. The quantitative estimate of drug-likeness (QED) is 0.474. The van der Waals surface area contributed by atoms with E-state index in [-0.39, 0.29) is 63.5 Å². The number of carbonyl (C=O) groups excluding carboxylic acids is 3. The monoisotopic (exact) mass is 319 g/mol. The van der Waals surface area contributed by atoms with Crippen molar-refractivity contribution < 1.29 is 70.9 Å². The molecule has 0 fully saturated rings. The van der Waals surface area contributed by atoms with Gasteiger partial charge in [0, 0.05) is 12.4 Å². The van der Waals surface area contributed by atoms with Crippen LogP contribution < -0.4 is 61.4 Å². The number of imide groups is 1. The summed E-state index contributed by atoms with van der Waals surface area (Å²) in [5.41, 5.74) is 1.30. The molecule has 2 amide bonds. The molecule has 0 saturated heterocycles. The maximum Gasteiger partial charge on any atom is 1.00 e. The Bertz CT molecular complexity index is 737. The van der Waals surface area contributed by atoms with Crippen LogP contribution in [0.15, 0.2) is 48.5 Å². The SMILES string of the molecule is O=C([O-])Cc1ccccc1N1C(=O)c2ccccc2C1=O.[K+]. The van der Waals surface area contributed by atoms with Crippen LogP contribution in [0, 0.1) is 0 Å². The predicted molar refractivity (Wildman–Crippen MR) is 72.7 cm³/mol. The minimum atomic E-state index is -1.26. The van der Waals surface area contributed by atoms with Gasteiger partial charge in [-0.15, -0.1) is 0 Å². The fourth-order valence-electron chi connectivity index (χ4n) is 2.44. The van der Waals surface area contributed by atoms with Crippen molar-refractivity contribution in [1.29, 1.82) is 0 Å². The van der Waals surface area contributed by atoms with E-state index in [9.17, 15) is 19.5 Å². The van der Waals surface area contributed by atoms with Crippen LogP contribution in [0.4, 0.5) is 5.69 Å². The summed E-state index contributed by atoms with van der Waals surface area (Å²) in [5, 5.41) is 10.8. The Morgan fingerprint density at radius 2 is 1.41 bits per heavy atom. The number of carboxylic acid groups (broad SMARTS) is 1. The summed E-state index contributed by atoms with van der Waals surface area (Å²) in [4.78, 5) is 36.6. The Kier molecular flexibility index (Phi) is 5.31. The molecule has 0 atom stereocenters. The van der Waals surface area contributed by atoms with E-state index in [2.05, 4.69) is 0 Å². The van der Waals surface area contributed by atoms with E-state index in [1.165, 1.54) is 0 Å². The van der Waals surface area contributed by atoms with Crippen molar-refractivity contribution in [2.45, 2.75) is 6.42 Å². The Morgan fingerprint density at radius 3 is 1.95 bits per heavy atom. The van der Waals surface area contributed by atoms with Crippen LogP contribution in [-0.2, 0) is 11.2 Å². The second kappa shape index (κ2) is 6.85. The number of nitrogens with zero attached hydrogens (tertiary/aromatic N) is 1. The topological polar surface area (TPSA) is 77.5 Å². The van der Waals surface area contributed by atoms with Gasteiger partial charge in [-0.05, 0) is 23.8 Å². The first-order valence-corrected chi connectivity index (χ1v) is 6.35. The van der Waals surface area contributed by atoms with E-state index in [1.807, 2.05) is 0 Å². The number of hydrogen-bond donors (Lipinski definition) is 0. The number of para-hydroxylation sites is 1. The molecule has 0 unspecified atom stereocenters. The second-order valence-corrected chi connectivity index (χ2v) is 4.67. The zero-order chi connectivity index (χ0) is 15.0. The number of benzene rings is 2. The molecule has 1 aliphatic heterocycles. The normalized spacial score (nSPS) is 12.8. The third-order valence-corrected chi connectivity index (χ3v) is 3.36.